The fourth-order valence-corrected chi connectivity index (χ4v) is 5.76. The lowest BCUT2D eigenvalue weighted by Gasteiger charge is -2.32. The molecule has 0 amide bonds. The van der Waals surface area contributed by atoms with E-state index < -0.39 is 0 Å². The summed E-state index contributed by atoms with van der Waals surface area (Å²) in [6.45, 7) is 1.93. The van der Waals surface area contributed by atoms with Gasteiger partial charge < -0.3 is 9.47 Å². The smallest absolute Gasteiger partial charge is 0.225 e. The van der Waals surface area contributed by atoms with Crippen LogP contribution in [0.5, 0.6) is 0 Å². The van der Waals surface area contributed by atoms with E-state index >= 15 is 0 Å². The third kappa shape index (κ3) is 3.27. The van der Waals surface area contributed by atoms with E-state index in [1.165, 1.54) is 32.3 Å². The highest BCUT2D eigenvalue weighted by molar-refractivity contribution is 7.22. The first-order chi connectivity index (χ1) is 15.3. The molecule has 0 radical (unpaired) electrons. The molecule has 5 nitrogen and oxygen atoms in total. The molecule has 1 atom stereocenters. The summed E-state index contributed by atoms with van der Waals surface area (Å²) in [5.41, 5.74) is 3.44. The molecular weight excluding hydrogens is 402 g/mol. The number of hydrogen-bond acceptors (Lipinski definition) is 5. The molecule has 1 aromatic carbocycles. The van der Waals surface area contributed by atoms with Gasteiger partial charge in [-0.3, -0.25) is 0 Å². The van der Waals surface area contributed by atoms with E-state index in [1.807, 2.05) is 24.5 Å². The van der Waals surface area contributed by atoms with Gasteiger partial charge in [-0.1, -0.05) is 18.2 Å². The molecule has 1 saturated heterocycles. The largest absolute Gasteiger partial charge is 0.340 e. The standard InChI is InChI=1S/C25H23N5S/c1-29-16-20(19-8-4-11-26-24(19)29)18-7-5-13-30(15-18)25-27-12-10-21(28-25)23-14-17-6-2-3-9-22(17)31-23/h2-4,6,8-12,14,16,18H,5,7,13,15H2,1H3. The Labute approximate surface area is 185 Å². The van der Waals surface area contributed by atoms with E-state index in [1.54, 1.807) is 11.3 Å². The van der Waals surface area contributed by atoms with Crippen LogP contribution >= 0.6 is 11.3 Å². The van der Waals surface area contributed by atoms with Crippen LogP contribution in [0, 0.1) is 0 Å². The Morgan fingerprint density at radius 3 is 2.90 bits per heavy atom. The number of benzene rings is 1. The summed E-state index contributed by atoms with van der Waals surface area (Å²) in [7, 11) is 2.08. The molecule has 5 heterocycles. The van der Waals surface area contributed by atoms with E-state index in [0.29, 0.717) is 5.92 Å². The van der Waals surface area contributed by atoms with Gasteiger partial charge in [0.1, 0.15) is 5.65 Å². The summed E-state index contributed by atoms with van der Waals surface area (Å²) in [6, 6.07) is 17.0. The number of aromatic nitrogens is 4. The lowest BCUT2D eigenvalue weighted by Crippen LogP contribution is -2.35. The first kappa shape index (κ1) is 18.5. The Kier molecular flexibility index (Phi) is 4.46. The zero-order valence-corrected chi connectivity index (χ0v) is 18.2. The minimum atomic E-state index is 0.457. The van der Waals surface area contributed by atoms with Gasteiger partial charge in [0, 0.05) is 54.7 Å². The summed E-state index contributed by atoms with van der Waals surface area (Å²) in [6.07, 6.45) is 8.33. The number of pyridine rings is 1. The average Bonchev–Trinajstić information content (AvgIpc) is 3.41. The van der Waals surface area contributed by atoms with Crippen molar-refractivity contribution in [1.82, 2.24) is 19.5 Å². The van der Waals surface area contributed by atoms with Crippen molar-refractivity contribution in [2.45, 2.75) is 18.8 Å². The summed E-state index contributed by atoms with van der Waals surface area (Å²) < 4.78 is 3.43. The maximum absolute atomic E-state index is 4.97. The summed E-state index contributed by atoms with van der Waals surface area (Å²) in [4.78, 5) is 17.7. The predicted molar refractivity (Wildman–Crippen MR) is 128 cm³/mol. The number of piperidine rings is 1. The molecule has 1 unspecified atom stereocenters. The normalized spacial score (nSPS) is 16.9. The average molecular weight is 426 g/mol. The first-order valence-corrected chi connectivity index (χ1v) is 11.5. The summed E-state index contributed by atoms with van der Waals surface area (Å²) >= 11 is 1.79. The maximum Gasteiger partial charge on any atom is 0.225 e. The fraction of sp³-hybridized carbons (Fsp3) is 0.240. The molecule has 5 aromatic rings. The quantitative estimate of drug-likeness (QED) is 0.376. The van der Waals surface area contributed by atoms with E-state index in [-0.39, 0.29) is 0 Å². The van der Waals surface area contributed by atoms with E-state index in [0.717, 1.165) is 36.8 Å². The lowest BCUT2D eigenvalue weighted by molar-refractivity contribution is 0.505. The second-order valence-corrected chi connectivity index (χ2v) is 9.33. The van der Waals surface area contributed by atoms with Crippen LogP contribution in [0.2, 0.25) is 0 Å². The summed E-state index contributed by atoms with van der Waals surface area (Å²) in [5, 5.41) is 2.53. The van der Waals surface area contributed by atoms with Crippen LogP contribution in [0.4, 0.5) is 5.95 Å². The van der Waals surface area contributed by atoms with Crippen molar-refractivity contribution >= 4 is 38.4 Å². The molecule has 0 saturated carbocycles. The van der Waals surface area contributed by atoms with Crippen molar-refractivity contribution in [2.24, 2.45) is 7.05 Å². The zero-order valence-electron chi connectivity index (χ0n) is 17.4. The molecule has 0 spiro atoms. The van der Waals surface area contributed by atoms with Crippen molar-refractivity contribution in [3.63, 3.8) is 0 Å². The van der Waals surface area contributed by atoms with Crippen LogP contribution in [-0.4, -0.2) is 32.6 Å². The van der Waals surface area contributed by atoms with E-state index in [9.17, 15) is 0 Å². The van der Waals surface area contributed by atoms with Gasteiger partial charge in [0.05, 0.1) is 10.6 Å². The van der Waals surface area contributed by atoms with Gasteiger partial charge in [0.25, 0.3) is 0 Å². The molecule has 0 aliphatic carbocycles. The molecule has 1 aliphatic rings. The third-order valence-electron chi connectivity index (χ3n) is 6.23. The second kappa shape index (κ2) is 7.46. The fourth-order valence-electron chi connectivity index (χ4n) is 4.73. The van der Waals surface area contributed by atoms with Crippen LogP contribution in [-0.2, 0) is 7.05 Å². The Hall–Kier alpha value is -3.25. The van der Waals surface area contributed by atoms with Gasteiger partial charge in [-0.05, 0) is 54.1 Å². The van der Waals surface area contributed by atoms with E-state index in [2.05, 4.69) is 69.1 Å². The number of nitrogens with zero attached hydrogens (tertiary/aromatic N) is 5. The number of fused-ring (bicyclic) bond motifs is 2. The highest BCUT2D eigenvalue weighted by atomic mass is 32.1. The van der Waals surface area contributed by atoms with Crippen LogP contribution in [0.3, 0.4) is 0 Å². The molecular formula is C25H23N5S. The van der Waals surface area contributed by atoms with Crippen LogP contribution in [0.25, 0.3) is 31.7 Å². The molecule has 0 bridgehead atoms. The molecule has 0 N–H and O–H groups in total. The number of hydrogen-bond donors (Lipinski definition) is 0. The second-order valence-electron chi connectivity index (χ2n) is 8.25. The van der Waals surface area contributed by atoms with Crippen LogP contribution in [0.15, 0.2) is 67.1 Å². The predicted octanol–water partition coefficient (Wildman–Crippen LogP) is 5.63. The number of aryl methyl sites for hydroxylation is 1. The first-order valence-electron chi connectivity index (χ1n) is 10.7. The highest BCUT2D eigenvalue weighted by Crippen LogP contribution is 2.35. The zero-order chi connectivity index (χ0) is 20.8. The van der Waals surface area contributed by atoms with Crippen LogP contribution in [0.1, 0.15) is 24.3 Å². The SMILES string of the molecule is Cn1cc(C2CCCN(c3nccc(-c4cc5ccccc5s4)n3)C2)c2cccnc21. The monoisotopic (exact) mass is 425 g/mol. The number of rotatable bonds is 3. The topological polar surface area (TPSA) is 46.8 Å². The number of anilines is 1. The van der Waals surface area contributed by atoms with Gasteiger partial charge >= 0.3 is 0 Å². The molecule has 31 heavy (non-hydrogen) atoms. The van der Waals surface area contributed by atoms with Crippen molar-refractivity contribution in [3.8, 4) is 10.6 Å². The van der Waals surface area contributed by atoms with Crippen molar-refractivity contribution < 1.29 is 0 Å². The Bertz CT molecular complexity index is 1350. The van der Waals surface area contributed by atoms with Crippen molar-refractivity contribution in [3.05, 3.63) is 72.7 Å². The maximum atomic E-state index is 4.97. The molecule has 4 aromatic heterocycles. The Morgan fingerprint density at radius 2 is 1.97 bits per heavy atom. The third-order valence-corrected chi connectivity index (χ3v) is 7.37. The molecule has 6 heteroatoms. The van der Waals surface area contributed by atoms with Gasteiger partial charge in [-0.15, -0.1) is 11.3 Å². The minimum Gasteiger partial charge on any atom is -0.340 e. The molecule has 6 rings (SSSR count). The van der Waals surface area contributed by atoms with Crippen molar-refractivity contribution in [1.29, 1.82) is 0 Å². The van der Waals surface area contributed by atoms with Crippen LogP contribution < -0.4 is 4.90 Å². The molecule has 154 valence electrons. The Morgan fingerprint density at radius 1 is 1.03 bits per heavy atom. The minimum absolute atomic E-state index is 0.457. The number of thiophene rings is 1. The van der Waals surface area contributed by atoms with Gasteiger partial charge in [-0.25, -0.2) is 15.0 Å². The lowest BCUT2D eigenvalue weighted by atomic mass is 9.91. The van der Waals surface area contributed by atoms with Gasteiger partial charge in [0.15, 0.2) is 0 Å². The van der Waals surface area contributed by atoms with Gasteiger partial charge in [-0.2, -0.15) is 0 Å². The van der Waals surface area contributed by atoms with Gasteiger partial charge in [0.2, 0.25) is 5.95 Å². The highest BCUT2D eigenvalue weighted by Gasteiger charge is 2.26. The Balaban J connectivity index is 1.31. The summed E-state index contributed by atoms with van der Waals surface area (Å²) in [5.74, 6) is 1.29. The molecule has 1 fully saturated rings. The van der Waals surface area contributed by atoms with E-state index in [4.69, 9.17) is 4.98 Å². The molecule has 1 aliphatic heterocycles. The van der Waals surface area contributed by atoms with Crippen molar-refractivity contribution in [2.75, 3.05) is 18.0 Å².